The third kappa shape index (κ3) is 2.99. The van der Waals surface area contributed by atoms with Crippen molar-refractivity contribution in [1.29, 1.82) is 0 Å². The van der Waals surface area contributed by atoms with Crippen LogP contribution in [0.1, 0.15) is 23.3 Å². The van der Waals surface area contributed by atoms with E-state index in [4.69, 9.17) is 16.3 Å². The molecule has 0 saturated heterocycles. The fourth-order valence-electron chi connectivity index (χ4n) is 2.27. The monoisotopic (exact) mass is 363 g/mol. The Morgan fingerprint density at radius 2 is 2.04 bits per heavy atom. The average molecular weight is 364 g/mol. The Morgan fingerprint density at radius 3 is 2.58 bits per heavy atom. The van der Waals surface area contributed by atoms with Crippen molar-refractivity contribution in [3.8, 4) is 0 Å². The van der Waals surface area contributed by atoms with E-state index in [1.54, 1.807) is 0 Å². The lowest BCUT2D eigenvalue weighted by molar-refractivity contribution is 0.0523. The van der Waals surface area contributed by atoms with Crippen molar-refractivity contribution in [3.63, 3.8) is 0 Å². The van der Waals surface area contributed by atoms with E-state index in [1.807, 2.05) is 0 Å². The molecule has 0 bridgehead atoms. The first-order chi connectivity index (χ1) is 11.4. The van der Waals surface area contributed by atoms with Crippen LogP contribution in [0.4, 0.5) is 13.2 Å². The number of nitrogens with zero attached hydrogens (tertiary/aromatic N) is 1. The summed E-state index contributed by atoms with van der Waals surface area (Å²) >= 11 is 5.69. The van der Waals surface area contributed by atoms with Crippen LogP contribution in [0.15, 0.2) is 17.1 Å². The lowest BCUT2D eigenvalue weighted by Gasteiger charge is -2.20. The van der Waals surface area contributed by atoms with Crippen molar-refractivity contribution in [3.05, 3.63) is 45.5 Å². The number of carbonyl (C=O) groups excluding carboxylic acids is 1. The summed E-state index contributed by atoms with van der Waals surface area (Å²) < 4.78 is 47.0. The molecule has 0 aliphatic rings. The molecule has 1 unspecified atom stereocenters. The second-order valence-electron chi connectivity index (χ2n) is 4.87. The van der Waals surface area contributed by atoms with Gasteiger partial charge in [-0.1, -0.05) is 0 Å². The van der Waals surface area contributed by atoms with Crippen LogP contribution in [0.5, 0.6) is 0 Å². The Labute approximate surface area is 139 Å². The van der Waals surface area contributed by atoms with Gasteiger partial charge in [-0.15, -0.1) is 11.6 Å². The lowest BCUT2D eigenvalue weighted by atomic mass is 10.1. The summed E-state index contributed by atoms with van der Waals surface area (Å²) in [4.78, 5) is 24.3. The van der Waals surface area contributed by atoms with E-state index >= 15 is 0 Å². The van der Waals surface area contributed by atoms with Crippen LogP contribution in [-0.2, 0) is 4.74 Å². The molecule has 0 spiro atoms. The van der Waals surface area contributed by atoms with Gasteiger partial charge in [0.05, 0.1) is 30.2 Å². The first kappa shape index (κ1) is 18.3. The van der Waals surface area contributed by atoms with Crippen molar-refractivity contribution in [1.82, 2.24) is 4.57 Å². The number of fused-ring (bicyclic) bond motifs is 1. The third-order valence-electron chi connectivity index (χ3n) is 3.43. The van der Waals surface area contributed by atoms with E-state index < -0.39 is 58.0 Å². The smallest absolute Gasteiger partial charge is 0.343 e. The van der Waals surface area contributed by atoms with Gasteiger partial charge in [0.25, 0.3) is 0 Å². The van der Waals surface area contributed by atoms with Gasteiger partial charge in [0.1, 0.15) is 5.56 Å². The van der Waals surface area contributed by atoms with Crippen molar-refractivity contribution in [2.75, 3.05) is 19.1 Å². The number of hydrogen-bond donors (Lipinski definition) is 1. The maximum atomic E-state index is 14.2. The molecule has 130 valence electrons. The molecular weight excluding hydrogens is 351 g/mol. The molecule has 2 aromatic rings. The lowest BCUT2D eigenvalue weighted by Crippen LogP contribution is -2.25. The van der Waals surface area contributed by atoms with Crippen LogP contribution < -0.4 is 5.43 Å². The predicted molar refractivity (Wildman–Crippen MR) is 80.9 cm³/mol. The van der Waals surface area contributed by atoms with E-state index in [2.05, 4.69) is 0 Å². The molecule has 0 saturated carbocycles. The summed E-state index contributed by atoms with van der Waals surface area (Å²) in [7, 11) is 0. The van der Waals surface area contributed by atoms with Crippen molar-refractivity contribution in [2.24, 2.45) is 0 Å². The third-order valence-corrected chi connectivity index (χ3v) is 3.79. The fraction of sp³-hybridized carbons (Fsp3) is 0.333. The molecule has 0 fully saturated rings. The van der Waals surface area contributed by atoms with Crippen LogP contribution in [0, 0.1) is 17.5 Å². The van der Waals surface area contributed by atoms with Gasteiger partial charge in [0.15, 0.2) is 17.5 Å². The first-order valence-electron chi connectivity index (χ1n) is 6.93. The van der Waals surface area contributed by atoms with E-state index in [0.29, 0.717) is 6.07 Å². The van der Waals surface area contributed by atoms with E-state index in [-0.39, 0.29) is 12.5 Å². The zero-order valence-corrected chi connectivity index (χ0v) is 13.2. The summed E-state index contributed by atoms with van der Waals surface area (Å²) in [5.41, 5.74) is -2.10. The Bertz CT molecular complexity index is 849. The highest BCUT2D eigenvalue weighted by molar-refractivity contribution is 6.18. The number of esters is 1. The predicted octanol–water partition coefficient (Wildman–Crippen LogP) is 2.37. The largest absolute Gasteiger partial charge is 0.462 e. The van der Waals surface area contributed by atoms with Crippen LogP contribution in [0.2, 0.25) is 0 Å². The summed E-state index contributed by atoms with van der Waals surface area (Å²) in [6, 6.07) is -0.472. The molecule has 1 N–H and O–H groups in total. The Balaban J connectivity index is 2.95. The van der Waals surface area contributed by atoms with Gasteiger partial charge in [-0.3, -0.25) is 4.79 Å². The Morgan fingerprint density at radius 1 is 1.38 bits per heavy atom. The van der Waals surface area contributed by atoms with Crippen LogP contribution >= 0.6 is 11.6 Å². The van der Waals surface area contributed by atoms with Gasteiger partial charge >= 0.3 is 5.97 Å². The zero-order valence-electron chi connectivity index (χ0n) is 12.5. The highest BCUT2D eigenvalue weighted by Crippen LogP contribution is 2.25. The number of benzene rings is 1. The van der Waals surface area contributed by atoms with Crippen LogP contribution in [0.3, 0.4) is 0 Å². The highest BCUT2D eigenvalue weighted by atomic mass is 35.5. The van der Waals surface area contributed by atoms with E-state index in [0.717, 1.165) is 10.8 Å². The standard InChI is InChI=1S/C15H13ClF3NO4/c1-2-24-15(23)9-5-20(7(4-16)6-21)13-8(14(9)22)3-10(17)11(18)12(13)19/h3,5,7,21H,2,4,6H2,1H3. The molecule has 24 heavy (non-hydrogen) atoms. The van der Waals surface area contributed by atoms with Crippen molar-refractivity contribution < 1.29 is 27.8 Å². The molecule has 5 nitrogen and oxygen atoms in total. The number of rotatable bonds is 5. The van der Waals surface area contributed by atoms with Crippen LogP contribution in [-0.4, -0.2) is 34.7 Å². The number of hydrogen-bond acceptors (Lipinski definition) is 4. The molecule has 1 atom stereocenters. The highest BCUT2D eigenvalue weighted by Gasteiger charge is 2.25. The Hall–Kier alpha value is -2.06. The number of aliphatic hydroxyl groups excluding tert-OH is 1. The summed E-state index contributed by atoms with van der Waals surface area (Å²) in [6.45, 7) is 0.908. The van der Waals surface area contributed by atoms with Crippen molar-refractivity contribution in [2.45, 2.75) is 13.0 Å². The molecule has 0 amide bonds. The molecular formula is C15H13ClF3NO4. The number of halogens is 4. The molecule has 1 aromatic heterocycles. The molecule has 0 radical (unpaired) electrons. The topological polar surface area (TPSA) is 68.5 Å². The zero-order chi connectivity index (χ0) is 18.0. The summed E-state index contributed by atoms with van der Waals surface area (Å²) in [5, 5.41) is 8.81. The van der Waals surface area contributed by atoms with Gasteiger partial charge in [-0.2, -0.15) is 0 Å². The van der Waals surface area contributed by atoms with Gasteiger partial charge < -0.3 is 14.4 Å². The molecule has 1 aromatic carbocycles. The van der Waals surface area contributed by atoms with Crippen molar-refractivity contribution >= 4 is 28.5 Å². The number of pyridine rings is 1. The van der Waals surface area contributed by atoms with Gasteiger partial charge in [0, 0.05) is 12.1 Å². The quantitative estimate of drug-likeness (QED) is 0.503. The number of alkyl halides is 1. The van der Waals surface area contributed by atoms with Gasteiger partial charge in [-0.25, -0.2) is 18.0 Å². The summed E-state index contributed by atoms with van der Waals surface area (Å²) in [5.74, 6) is -6.19. The minimum Gasteiger partial charge on any atom is -0.462 e. The van der Waals surface area contributed by atoms with Gasteiger partial charge in [0.2, 0.25) is 5.43 Å². The maximum Gasteiger partial charge on any atom is 0.343 e. The molecule has 2 rings (SSSR count). The fourth-order valence-corrected chi connectivity index (χ4v) is 2.52. The molecule has 1 heterocycles. The summed E-state index contributed by atoms with van der Waals surface area (Å²) in [6.07, 6.45) is 0.923. The van der Waals surface area contributed by atoms with Gasteiger partial charge in [-0.05, 0) is 13.0 Å². The normalized spacial score (nSPS) is 12.4. The van der Waals surface area contributed by atoms with E-state index in [9.17, 15) is 27.9 Å². The minimum atomic E-state index is -1.77. The minimum absolute atomic E-state index is 0.0264. The number of aromatic nitrogens is 1. The first-order valence-corrected chi connectivity index (χ1v) is 7.47. The maximum absolute atomic E-state index is 14.2. The number of carbonyl (C=O) groups is 1. The van der Waals surface area contributed by atoms with E-state index in [1.165, 1.54) is 6.92 Å². The average Bonchev–Trinajstić information content (AvgIpc) is 2.56. The number of ether oxygens (including phenoxy) is 1. The second kappa shape index (κ2) is 7.23. The van der Waals surface area contributed by atoms with Crippen LogP contribution in [0.25, 0.3) is 10.9 Å². The molecule has 9 heteroatoms. The molecule has 0 aliphatic heterocycles. The second-order valence-corrected chi connectivity index (χ2v) is 5.18. The SMILES string of the molecule is CCOC(=O)c1cn(C(CO)CCl)c2c(F)c(F)c(F)cc2c1=O. The number of aliphatic hydroxyl groups is 1. The molecule has 0 aliphatic carbocycles. The Kier molecular flexibility index (Phi) is 5.51.